The molecule has 2 aliphatic heterocycles. The highest BCUT2D eigenvalue weighted by Gasteiger charge is 2.34. The van der Waals surface area contributed by atoms with Crippen molar-refractivity contribution in [2.75, 3.05) is 13.1 Å². The first kappa shape index (κ1) is 12.7. The van der Waals surface area contributed by atoms with E-state index in [1.165, 1.54) is 4.90 Å². The Balaban J connectivity index is 1.80. The summed E-state index contributed by atoms with van der Waals surface area (Å²) in [6.07, 6.45) is 2.41. The number of nitrogens with one attached hydrogen (secondary N) is 2. The lowest BCUT2D eigenvalue weighted by atomic mass is 10.2. The van der Waals surface area contributed by atoms with Gasteiger partial charge in [0.25, 0.3) is 0 Å². The van der Waals surface area contributed by atoms with Crippen molar-refractivity contribution in [3.8, 4) is 0 Å². The maximum atomic E-state index is 11.8. The van der Waals surface area contributed by atoms with Crippen molar-refractivity contribution < 1.29 is 19.5 Å². The molecule has 2 unspecified atom stereocenters. The second-order valence-electron chi connectivity index (χ2n) is 4.68. The van der Waals surface area contributed by atoms with Gasteiger partial charge in [0.1, 0.15) is 6.04 Å². The molecule has 0 radical (unpaired) electrons. The SMILES string of the molecule is O=C1CCC(CNC(=O)N2CCCC2C(=O)O)N1. The van der Waals surface area contributed by atoms with Crippen LogP contribution in [0.25, 0.3) is 0 Å². The van der Waals surface area contributed by atoms with Crippen LogP contribution in [0.3, 0.4) is 0 Å². The number of carboxylic acid groups (broad SMARTS) is 1. The molecule has 3 N–H and O–H groups in total. The zero-order chi connectivity index (χ0) is 13.1. The molecular formula is C11H17N3O4. The number of likely N-dealkylation sites (tertiary alicyclic amines) is 1. The summed E-state index contributed by atoms with van der Waals surface area (Å²) in [5.74, 6) is -0.962. The fraction of sp³-hybridized carbons (Fsp3) is 0.727. The second kappa shape index (κ2) is 5.24. The lowest BCUT2D eigenvalue weighted by Gasteiger charge is -2.22. The number of nitrogens with zero attached hydrogens (tertiary/aromatic N) is 1. The molecule has 2 rings (SSSR count). The smallest absolute Gasteiger partial charge is 0.326 e. The van der Waals surface area contributed by atoms with Gasteiger partial charge in [-0.3, -0.25) is 4.79 Å². The number of carboxylic acids is 1. The summed E-state index contributed by atoms with van der Waals surface area (Å²) in [5.41, 5.74) is 0. The molecule has 2 heterocycles. The van der Waals surface area contributed by atoms with Crippen molar-refractivity contribution in [3.05, 3.63) is 0 Å². The van der Waals surface area contributed by atoms with E-state index in [2.05, 4.69) is 10.6 Å². The summed E-state index contributed by atoms with van der Waals surface area (Å²) in [6.45, 7) is 0.827. The highest BCUT2D eigenvalue weighted by Crippen LogP contribution is 2.17. The molecular weight excluding hydrogens is 238 g/mol. The first-order valence-electron chi connectivity index (χ1n) is 6.14. The fourth-order valence-corrected chi connectivity index (χ4v) is 2.41. The van der Waals surface area contributed by atoms with Gasteiger partial charge in [0.2, 0.25) is 5.91 Å². The predicted octanol–water partition coefficient (Wildman–Crippen LogP) is -0.476. The Morgan fingerprint density at radius 3 is 2.83 bits per heavy atom. The number of rotatable bonds is 3. The maximum Gasteiger partial charge on any atom is 0.326 e. The number of carbonyl (C=O) groups is 3. The zero-order valence-electron chi connectivity index (χ0n) is 10.0. The summed E-state index contributed by atoms with van der Waals surface area (Å²) in [6, 6.07) is -1.11. The Labute approximate surface area is 105 Å². The van der Waals surface area contributed by atoms with Crippen molar-refractivity contribution in [3.63, 3.8) is 0 Å². The van der Waals surface area contributed by atoms with Gasteiger partial charge in [0.05, 0.1) is 0 Å². The third-order valence-electron chi connectivity index (χ3n) is 3.38. The molecule has 0 aromatic carbocycles. The van der Waals surface area contributed by atoms with E-state index in [4.69, 9.17) is 5.11 Å². The van der Waals surface area contributed by atoms with Crippen molar-refractivity contribution in [2.24, 2.45) is 0 Å². The third-order valence-corrected chi connectivity index (χ3v) is 3.38. The van der Waals surface area contributed by atoms with Crippen molar-refractivity contribution in [2.45, 2.75) is 37.8 Å². The number of amides is 3. The Hall–Kier alpha value is -1.79. The monoisotopic (exact) mass is 255 g/mol. The molecule has 0 saturated carbocycles. The van der Waals surface area contributed by atoms with E-state index in [1.54, 1.807) is 0 Å². The average molecular weight is 255 g/mol. The van der Waals surface area contributed by atoms with Crippen LogP contribution in [0.15, 0.2) is 0 Å². The van der Waals surface area contributed by atoms with Gasteiger partial charge in [-0.05, 0) is 19.3 Å². The van der Waals surface area contributed by atoms with Gasteiger partial charge in [-0.2, -0.15) is 0 Å². The van der Waals surface area contributed by atoms with E-state index in [0.29, 0.717) is 38.8 Å². The largest absolute Gasteiger partial charge is 0.480 e. The van der Waals surface area contributed by atoms with Gasteiger partial charge in [-0.15, -0.1) is 0 Å². The van der Waals surface area contributed by atoms with Crippen LogP contribution in [0.4, 0.5) is 4.79 Å². The van der Waals surface area contributed by atoms with Gasteiger partial charge >= 0.3 is 12.0 Å². The molecule has 3 amide bonds. The minimum Gasteiger partial charge on any atom is -0.480 e. The summed E-state index contributed by atoms with van der Waals surface area (Å²) >= 11 is 0. The van der Waals surface area contributed by atoms with Crippen molar-refractivity contribution in [1.29, 1.82) is 0 Å². The second-order valence-corrected chi connectivity index (χ2v) is 4.68. The topological polar surface area (TPSA) is 98.7 Å². The van der Waals surface area contributed by atoms with Crippen LogP contribution in [0.2, 0.25) is 0 Å². The Morgan fingerprint density at radius 1 is 1.44 bits per heavy atom. The summed E-state index contributed by atoms with van der Waals surface area (Å²) in [7, 11) is 0. The molecule has 7 heteroatoms. The lowest BCUT2D eigenvalue weighted by molar-refractivity contribution is -0.141. The summed E-state index contributed by atoms with van der Waals surface area (Å²) in [4.78, 5) is 35.1. The fourth-order valence-electron chi connectivity index (χ4n) is 2.41. The predicted molar refractivity (Wildman–Crippen MR) is 61.9 cm³/mol. The van der Waals surface area contributed by atoms with Crippen LogP contribution in [-0.4, -0.2) is 53.1 Å². The minimum absolute atomic E-state index is 0.00108. The van der Waals surface area contributed by atoms with Gasteiger partial charge in [-0.1, -0.05) is 0 Å². The number of hydrogen-bond acceptors (Lipinski definition) is 3. The lowest BCUT2D eigenvalue weighted by Crippen LogP contribution is -2.48. The van der Waals surface area contributed by atoms with E-state index >= 15 is 0 Å². The Kier molecular flexibility index (Phi) is 3.69. The van der Waals surface area contributed by atoms with Crippen LogP contribution >= 0.6 is 0 Å². The van der Waals surface area contributed by atoms with E-state index in [9.17, 15) is 14.4 Å². The van der Waals surface area contributed by atoms with Gasteiger partial charge in [0.15, 0.2) is 0 Å². The molecule has 0 aliphatic carbocycles. The Morgan fingerprint density at radius 2 is 2.22 bits per heavy atom. The van der Waals surface area contributed by atoms with Gasteiger partial charge in [0, 0.05) is 25.6 Å². The highest BCUT2D eigenvalue weighted by molar-refractivity contribution is 5.83. The molecule has 2 aliphatic rings. The Bertz CT molecular complexity index is 371. The summed E-state index contributed by atoms with van der Waals surface area (Å²) < 4.78 is 0. The molecule has 0 aromatic rings. The van der Waals surface area contributed by atoms with E-state index in [1.807, 2.05) is 0 Å². The van der Waals surface area contributed by atoms with Crippen molar-refractivity contribution in [1.82, 2.24) is 15.5 Å². The van der Waals surface area contributed by atoms with E-state index in [-0.39, 0.29) is 18.0 Å². The van der Waals surface area contributed by atoms with Gasteiger partial charge < -0.3 is 20.6 Å². The zero-order valence-corrected chi connectivity index (χ0v) is 10.0. The van der Waals surface area contributed by atoms with Gasteiger partial charge in [-0.25, -0.2) is 9.59 Å². The molecule has 18 heavy (non-hydrogen) atoms. The standard InChI is InChI=1S/C11H17N3O4/c15-9-4-3-7(13-9)6-12-11(18)14-5-1-2-8(14)10(16)17/h7-8H,1-6H2,(H,12,18)(H,13,15)(H,16,17). The number of aliphatic carboxylic acids is 1. The van der Waals surface area contributed by atoms with Crippen molar-refractivity contribution >= 4 is 17.9 Å². The first-order valence-corrected chi connectivity index (χ1v) is 6.14. The number of carbonyl (C=O) groups excluding carboxylic acids is 2. The van der Waals surface area contributed by atoms with Crippen LogP contribution in [0.1, 0.15) is 25.7 Å². The molecule has 2 atom stereocenters. The molecule has 100 valence electrons. The first-order chi connectivity index (χ1) is 8.58. The molecule has 2 fully saturated rings. The highest BCUT2D eigenvalue weighted by atomic mass is 16.4. The van der Waals surface area contributed by atoms with Crippen LogP contribution in [-0.2, 0) is 9.59 Å². The molecule has 7 nitrogen and oxygen atoms in total. The summed E-state index contributed by atoms with van der Waals surface area (Å²) in [5, 5.41) is 14.4. The molecule has 0 aromatic heterocycles. The quantitative estimate of drug-likeness (QED) is 0.634. The van der Waals surface area contributed by atoms with E-state index < -0.39 is 12.0 Å². The van der Waals surface area contributed by atoms with Crippen LogP contribution in [0, 0.1) is 0 Å². The van der Waals surface area contributed by atoms with Crippen LogP contribution < -0.4 is 10.6 Å². The molecule has 0 spiro atoms. The van der Waals surface area contributed by atoms with E-state index in [0.717, 1.165) is 0 Å². The molecule has 0 bridgehead atoms. The maximum absolute atomic E-state index is 11.8. The number of urea groups is 1. The normalized spacial score (nSPS) is 27.1. The van der Waals surface area contributed by atoms with Crippen LogP contribution in [0.5, 0.6) is 0 Å². The average Bonchev–Trinajstić information content (AvgIpc) is 2.94. The molecule has 2 saturated heterocycles. The number of hydrogen-bond donors (Lipinski definition) is 3. The third kappa shape index (κ3) is 2.72. The minimum atomic E-state index is -0.961.